The van der Waals surface area contributed by atoms with Gasteiger partial charge in [0.1, 0.15) is 5.82 Å². The van der Waals surface area contributed by atoms with E-state index in [1.54, 1.807) is 13.0 Å². The molecule has 1 aromatic heterocycles. The van der Waals surface area contributed by atoms with Crippen molar-refractivity contribution in [1.82, 2.24) is 4.98 Å². The Bertz CT molecular complexity index is 749. The first-order valence-electron chi connectivity index (χ1n) is 7.07. The van der Waals surface area contributed by atoms with E-state index in [0.717, 1.165) is 11.8 Å². The first-order chi connectivity index (χ1) is 10.7. The van der Waals surface area contributed by atoms with Crippen LogP contribution in [0.15, 0.2) is 30.3 Å². The predicted octanol–water partition coefficient (Wildman–Crippen LogP) is 2.40. The molecule has 0 unspecified atom stereocenters. The van der Waals surface area contributed by atoms with Crippen LogP contribution < -0.4 is 0 Å². The van der Waals surface area contributed by atoms with Gasteiger partial charge in [0.25, 0.3) is 0 Å². The third-order valence-electron chi connectivity index (χ3n) is 3.57. The molecule has 23 heavy (non-hydrogen) atoms. The number of aromatic nitrogens is 1. The molecule has 2 rings (SSSR count). The number of hydrogen-bond donors (Lipinski definition) is 2. The summed E-state index contributed by atoms with van der Waals surface area (Å²) in [6, 6.07) is 6.69. The summed E-state index contributed by atoms with van der Waals surface area (Å²) in [5, 5.41) is 10.3. The number of Topliss-reactive ketones (excluding diaryl/α,β-unsaturated/α-hetero) is 1. The molecule has 0 aliphatic carbocycles. The van der Waals surface area contributed by atoms with E-state index in [0.29, 0.717) is 11.3 Å². The number of ketones is 1. The van der Waals surface area contributed by atoms with Gasteiger partial charge in [0.2, 0.25) is 5.78 Å². The molecule has 0 spiro atoms. The van der Waals surface area contributed by atoms with Crippen LogP contribution in [0.2, 0.25) is 0 Å². The number of rotatable bonds is 5. The van der Waals surface area contributed by atoms with Gasteiger partial charge in [-0.3, -0.25) is 4.79 Å². The number of benzene rings is 1. The summed E-state index contributed by atoms with van der Waals surface area (Å²) >= 11 is 0. The molecule has 1 aromatic carbocycles. The number of aliphatic hydroxyl groups is 1. The normalized spacial score (nSPS) is 13.4. The van der Waals surface area contributed by atoms with Crippen molar-refractivity contribution in [3.05, 3.63) is 58.7 Å². The van der Waals surface area contributed by atoms with Crippen molar-refractivity contribution in [3.63, 3.8) is 0 Å². The molecule has 2 aromatic rings. The van der Waals surface area contributed by atoms with E-state index in [1.165, 1.54) is 25.1 Å². The van der Waals surface area contributed by atoms with Gasteiger partial charge < -0.3 is 14.8 Å². The number of H-pyrrole nitrogens is 1. The Labute approximate surface area is 133 Å². The maximum Gasteiger partial charge on any atom is 0.342 e. The lowest BCUT2D eigenvalue weighted by Gasteiger charge is -2.21. The van der Waals surface area contributed by atoms with Crippen LogP contribution in [0.4, 0.5) is 4.39 Å². The second-order valence-corrected chi connectivity index (χ2v) is 5.57. The summed E-state index contributed by atoms with van der Waals surface area (Å²) in [6.07, 6.45) is 0. The second kappa shape index (κ2) is 6.34. The third kappa shape index (κ3) is 3.65. The van der Waals surface area contributed by atoms with Crippen LogP contribution in [0.1, 0.15) is 34.2 Å². The fraction of sp³-hybridized carbons (Fsp3) is 0.294. The van der Waals surface area contributed by atoms with E-state index in [4.69, 9.17) is 4.74 Å². The van der Waals surface area contributed by atoms with Gasteiger partial charge in [-0.1, -0.05) is 12.1 Å². The molecule has 0 saturated carbocycles. The largest absolute Gasteiger partial charge is 0.455 e. The summed E-state index contributed by atoms with van der Waals surface area (Å²) in [6.45, 7) is 4.25. The smallest absolute Gasteiger partial charge is 0.342 e. The number of carbonyl (C=O) groups excluding carboxylic acids is 2. The number of ether oxygens (including phenoxy) is 1. The molecule has 1 heterocycles. The highest BCUT2D eigenvalue weighted by Gasteiger charge is 2.35. The van der Waals surface area contributed by atoms with E-state index in [-0.39, 0.29) is 11.3 Å². The predicted molar refractivity (Wildman–Crippen MR) is 81.5 cm³/mol. The lowest BCUT2D eigenvalue weighted by molar-refractivity contribution is -0.163. The number of halogens is 1. The average Bonchev–Trinajstić information content (AvgIpc) is 2.83. The Hall–Kier alpha value is -2.47. The minimum Gasteiger partial charge on any atom is -0.455 e. The number of nitrogens with one attached hydrogen (secondary N) is 1. The Morgan fingerprint density at radius 3 is 2.57 bits per heavy atom. The number of aromatic amines is 1. The molecule has 0 bridgehead atoms. The van der Waals surface area contributed by atoms with Crippen LogP contribution in [0.5, 0.6) is 0 Å². The zero-order chi connectivity index (χ0) is 17.2. The summed E-state index contributed by atoms with van der Waals surface area (Å²) in [7, 11) is 0. The molecule has 5 nitrogen and oxygen atoms in total. The number of aryl methyl sites for hydroxylation is 2. The van der Waals surface area contributed by atoms with Crippen LogP contribution >= 0.6 is 0 Å². The van der Waals surface area contributed by atoms with Crippen LogP contribution in [0.25, 0.3) is 0 Å². The van der Waals surface area contributed by atoms with E-state index in [1.807, 2.05) is 6.92 Å². The molecule has 0 aliphatic rings. The number of esters is 1. The highest BCUT2D eigenvalue weighted by molar-refractivity contribution is 5.99. The highest BCUT2D eigenvalue weighted by Crippen LogP contribution is 2.23. The lowest BCUT2D eigenvalue weighted by Crippen LogP contribution is -2.35. The first kappa shape index (κ1) is 16.9. The van der Waals surface area contributed by atoms with Gasteiger partial charge in [0, 0.05) is 17.0 Å². The summed E-state index contributed by atoms with van der Waals surface area (Å²) < 4.78 is 18.1. The Morgan fingerprint density at radius 2 is 2.00 bits per heavy atom. The zero-order valence-corrected chi connectivity index (χ0v) is 13.1. The first-order valence-corrected chi connectivity index (χ1v) is 7.07. The summed E-state index contributed by atoms with van der Waals surface area (Å²) in [5.41, 5.74) is -0.0421. The van der Waals surface area contributed by atoms with Gasteiger partial charge in [-0.25, -0.2) is 9.18 Å². The van der Waals surface area contributed by atoms with E-state index >= 15 is 0 Å². The van der Waals surface area contributed by atoms with Gasteiger partial charge in [-0.05, 0) is 44.5 Å². The lowest BCUT2D eigenvalue weighted by atomic mass is 9.96. The molecule has 122 valence electrons. The monoisotopic (exact) mass is 319 g/mol. The van der Waals surface area contributed by atoms with Crippen molar-refractivity contribution in [2.45, 2.75) is 26.4 Å². The van der Waals surface area contributed by atoms with Crippen molar-refractivity contribution in [2.24, 2.45) is 0 Å². The van der Waals surface area contributed by atoms with Gasteiger partial charge in [0.15, 0.2) is 12.2 Å². The van der Waals surface area contributed by atoms with Gasteiger partial charge in [-0.15, -0.1) is 0 Å². The topological polar surface area (TPSA) is 79.4 Å². The Balaban J connectivity index is 2.07. The summed E-state index contributed by atoms with van der Waals surface area (Å²) in [5.74, 6) is -1.97. The maximum absolute atomic E-state index is 13.2. The second-order valence-electron chi connectivity index (χ2n) is 5.57. The van der Waals surface area contributed by atoms with Crippen LogP contribution in [-0.4, -0.2) is 28.4 Å². The third-order valence-corrected chi connectivity index (χ3v) is 3.57. The fourth-order valence-electron chi connectivity index (χ4n) is 2.27. The van der Waals surface area contributed by atoms with Crippen LogP contribution in [-0.2, 0) is 15.1 Å². The van der Waals surface area contributed by atoms with Crippen molar-refractivity contribution in [2.75, 3.05) is 6.61 Å². The van der Waals surface area contributed by atoms with E-state index in [2.05, 4.69) is 4.98 Å². The molecular weight excluding hydrogens is 301 g/mol. The fourth-order valence-corrected chi connectivity index (χ4v) is 2.27. The standard InChI is InChI=1S/C17H18FNO4/c1-10-7-14(11(2)19-10)15(20)9-23-16(21)17(3,22)12-5-4-6-13(18)8-12/h4-8,19,22H,9H2,1-3H3/t17-/m0/s1. The highest BCUT2D eigenvalue weighted by atomic mass is 19.1. The minimum absolute atomic E-state index is 0.0589. The maximum atomic E-state index is 13.2. The summed E-state index contributed by atoms with van der Waals surface area (Å²) in [4.78, 5) is 27.1. The molecule has 2 N–H and O–H groups in total. The Kier molecular flexibility index (Phi) is 4.65. The average molecular weight is 319 g/mol. The van der Waals surface area contributed by atoms with E-state index < -0.39 is 24.0 Å². The zero-order valence-electron chi connectivity index (χ0n) is 13.1. The molecule has 6 heteroatoms. The molecule has 0 radical (unpaired) electrons. The van der Waals surface area contributed by atoms with Crippen LogP contribution in [0, 0.1) is 19.7 Å². The molecule has 0 amide bonds. The quantitative estimate of drug-likeness (QED) is 0.655. The van der Waals surface area contributed by atoms with E-state index in [9.17, 15) is 19.1 Å². The van der Waals surface area contributed by atoms with Gasteiger partial charge >= 0.3 is 5.97 Å². The molecule has 1 atom stereocenters. The molecular formula is C17H18FNO4. The van der Waals surface area contributed by atoms with Crippen LogP contribution in [0.3, 0.4) is 0 Å². The Morgan fingerprint density at radius 1 is 1.30 bits per heavy atom. The van der Waals surface area contributed by atoms with Crippen molar-refractivity contribution >= 4 is 11.8 Å². The van der Waals surface area contributed by atoms with Crippen molar-refractivity contribution < 1.29 is 23.8 Å². The van der Waals surface area contributed by atoms with Crippen molar-refractivity contribution in [1.29, 1.82) is 0 Å². The molecule has 0 aliphatic heterocycles. The molecule has 0 saturated heterocycles. The molecule has 0 fully saturated rings. The SMILES string of the molecule is Cc1cc(C(=O)COC(=O)[C@@](C)(O)c2cccc(F)c2)c(C)[nH]1. The van der Waals surface area contributed by atoms with Gasteiger partial charge in [-0.2, -0.15) is 0 Å². The van der Waals surface area contributed by atoms with Crippen molar-refractivity contribution in [3.8, 4) is 0 Å². The number of carbonyl (C=O) groups is 2. The van der Waals surface area contributed by atoms with Gasteiger partial charge in [0.05, 0.1) is 0 Å². The number of hydrogen-bond acceptors (Lipinski definition) is 4. The minimum atomic E-state index is -2.04.